The Bertz CT molecular complexity index is 996. The molecule has 3 rings (SSSR count). The van der Waals surface area contributed by atoms with E-state index in [2.05, 4.69) is 36.5 Å². The minimum absolute atomic E-state index is 0.129. The standard InChI is InChI=1S/C19H19BrN6O2/c1-12-9-13(2)26(24-12)17-8-3-14(10-22-17)19(21)25-28-11-18(27)23-16-6-4-15(20)5-7-16/h3-10H,11H2,1-2H3,(H2,21,25)(H,23,27). The van der Waals surface area contributed by atoms with Gasteiger partial charge < -0.3 is 15.9 Å². The molecule has 2 heterocycles. The monoisotopic (exact) mass is 442 g/mol. The lowest BCUT2D eigenvalue weighted by Crippen LogP contribution is -2.19. The summed E-state index contributed by atoms with van der Waals surface area (Å²) in [5.41, 5.74) is 9.05. The summed E-state index contributed by atoms with van der Waals surface area (Å²) < 4.78 is 2.67. The van der Waals surface area contributed by atoms with Crippen molar-refractivity contribution in [1.82, 2.24) is 14.8 Å². The van der Waals surface area contributed by atoms with Crippen LogP contribution >= 0.6 is 15.9 Å². The molecule has 1 aromatic carbocycles. The number of nitrogens with zero attached hydrogens (tertiary/aromatic N) is 4. The fourth-order valence-corrected chi connectivity index (χ4v) is 2.73. The number of pyridine rings is 1. The topological polar surface area (TPSA) is 107 Å². The third kappa shape index (κ3) is 4.95. The molecule has 1 amide bonds. The van der Waals surface area contributed by atoms with Gasteiger partial charge in [-0.1, -0.05) is 21.1 Å². The van der Waals surface area contributed by atoms with Crippen LogP contribution in [0, 0.1) is 13.8 Å². The van der Waals surface area contributed by atoms with Crippen LogP contribution in [0.5, 0.6) is 0 Å². The predicted octanol–water partition coefficient (Wildman–Crippen LogP) is 2.92. The Kier molecular flexibility index (Phi) is 6.05. The lowest BCUT2D eigenvalue weighted by atomic mass is 10.2. The quantitative estimate of drug-likeness (QED) is 0.346. The Morgan fingerprint density at radius 1 is 1.25 bits per heavy atom. The minimum atomic E-state index is -0.336. The zero-order chi connectivity index (χ0) is 20.1. The van der Waals surface area contributed by atoms with Gasteiger partial charge in [0.2, 0.25) is 0 Å². The van der Waals surface area contributed by atoms with Crippen molar-refractivity contribution < 1.29 is 9.63 Å². The summed E-state index contributed by atoms with van der Waals surface area (Å²) in [6.07, 6.45) is 1.58. The Hall–Kier alpha value is -3.20. The number of hydrogen-bond acceptors (Lipinski definition) is 5. The van der Waals surface area contributed by atoms with Crippen molar-refractivity contribution in [2.75, 3.05) is 11.9 Å². The summed E-state index contributed by atoms with van der Waals surface area (Å²) >= 11 is 3.33. The van der Waals surface area contributed by atoms with E-state index in [0.29, 0.717) is 17.1 Å². The zero-order valence-corrected chi connectivity index (χ0v) is 17.0. The number of amidine groups is 1. The van der Waals surface area contributed by atoms with Crippen LogP contribution in [0.1, 0.15) is 17.0 Å². The van der Waals surface area contributed by atoms with E-state index in [-0.39, 0.29) is 18.3 Å². The first-order valence-corrected chi connectivity index (χ1v) is 9.22. The fourth-order valence-electron chi connectivity index (χ4n) is 2.47. The maximum absolute atomic E-state index is 11.9. The fraction of sp³-hybridized carbons (Fsp3) is 0.158. The Morgan fingerprint density at radius 3 is 2.61 bits per heavy atom. The number of amides is 1. The van der Waals surface area contributed by atoms with Crippen LogP contribution in [-0.2, 0) is 9.63 Å². The van der Waals surface area contributed by atoms with Crippen molar-refractivity contribution in [3.05, 3.63) is 70.1 Å². The highest BCUT2D eigenvalue weighted by Crippen LogP contribution is 2.14. The van der Waals surface area contributed by atoms with E-state index in [4.69, 9.17) is 10.6 Å². The van der Waals surface area contributed by atoms with Gasteiger partial charge in [0.25, 0.3) is 5.91 Å². The van der Waals surface area contributed by atoms with Gasteiger partial charge in [-0.25, -0.2) is 9.67 Å². The van der Waals surface area contributed by atoms with E-state index in [0.717, 1.165) is 15.9 Å². The Balaban J connectivity index is 1.56. The van der Waals surface area contributed by atoms with Gasteiger partial charge in [0.15, 0.2) is 18.3 Å². The molecule has 0 bridgehead atoms. The molecule has 3 N–H and O–H groups in total. The van der Waals surface area contributed by atoms with Gasteiger partial charge in [0, 0.05) is 27.6 Å². The van der Waals surface area contributed by atoms with Gasteiger partial charge in [-0.2, -0.15) is 5.10 Å². The number of aryl methyl sites for hydroxylation is 2. The molecule has 0 saturated heterocycles. The van der Waals surface area contributed by atoms with Gasteiger partial charge >= 0.3 is 0 Å². The first-order valence-electron chi connectivity index (χ1n) is 8.43. The third-order valence-electron chi connectivity index (χ3n) is 3.76. The summed E-state index contributed by atoms with van der Waals surface area (Å²) in [7, 11) is 0. The van der Waals surface area contributed by atoms with Crippen LogP contribution < -0.4 is 11.1 Å². The zero-order valence-electron chi connectivity index (χ0n) is 15.4. The molecule has 144 valence electrons. The van der Waals surface area contributed by atoms with Crippen molar-refractivity contribution in [2.24, 2.45) is 10.9 Å². The first kappa shape index (κ1) is 19.6. The number of nitrogens with two attached hydrogens (primary N) is 1. The van der Waals surface area contributed by atoms with Gasteiger partial charge in [-0.15, -0.1) is 0 Å². The van der Waals surface area contributed by atoms with Gasteiger partial charge in [-0.05, 0) is 56.3 Å². The van der Waals surface area contributed by atoms with Crippen molar-refractivity contribution in [2.45, 2.75) is 13.8 Å². The van der Waals surface area contributed by atoms with Crippen molar-refractivity contribution in [1.29, 1.82) is 0 Å². The second kappa shape index (κ2) is 8.66. The molecule has 3 aromatic rings. The van der Waals surface area contributed by atoms with E-state index in [9.17, 15) is 4.79 Å². The Morgan fingerprint density at radius 2 is 2.00 bits per heavy atom. The van der Waals surface area contributed by atoms with E-state index in [1.807, 2.05) is 32.0 Å². The number of benzene rings is 1. The molecule has 0 spiro atoms. The lowest BCUT2D eigenvalue weighted by molar-refractivity contribution is -0.120. The number of carbonyl (C=O) groups excluding carboxylic acids is 1. The summed E-state index contributed by atoms with van der Waals surface area (Å²) in [6.45, 7) is 3.62. The van der Waals surface area contributed by atoms with Gasteiger partial charge in [0.1, 0.15) is 0 Å². The number of oxime groups is 1. The normalized spacial score (nSPS) is 11.3. The molecule has 28 heavy (non-hydrogen) atoms. The number of anilines is 1. The number of aromatic nitrogens is 3. The molecule has 0 unspecified atom stereocenters. The molecule has 0 saturated carbocycles. The average Bonchev–Trinajstić information content (AvgIpc) is 3.02. The van der Waals surface area contributed by atoms with Crippen LogP contribution in [0.25, 0.3) is 5.82 Å². The molecular formula is C19H19BrN6O2. The van der Waals surface area contributed by atoms with Gasteiger partial charge in [-0.3, -0.25) is 4.79 Å². The van der Waals surface area contributed by atoms with Crippen LogP contribution in [0.15, 0.2) is 58.3 Å². The largest absolute Gasteiger partial charge is 0.384 e. The molecule has 0 atom stereocenters. The van der Waals surface area contributed by atoms with Crippen molar-refractivity contribution in [3.63, 3.8) is 0 Å². The average molecular weight is 443 g/mol. The molecule has 0 fully saturated rings. The highest BCUT2D eigenvalue weighted by molar-refractivity contribution is 9.10. The molecule has 2 aromatic heterocycles. The number of nitrogens with one attached hydrogen (secondary N) is 1. The first-order chi connectivity index (χ1) is 13.4. The molecule has 9 heteroatoms. The van der Waals surface area contributed by atoms with Crippen LogP contribution in [-0.4, -0.2) is 33.1 Å². The predicted molar refractivity (Wildman–Crippen MR) is 110 cm³/mol. The van der Waals surface area contributed by atoms with Crippen molar-refractivity contribution >= 4 is 33.4 Å². The van der Waals surface area contributed by atoms with Crippen molar-refractivity contribution in [3.8, 4) is 5.82 Å². The number of carbonyl (C=O) groups is 1. The summed E-state index contributed by atoms with van der Waals surface area (Å²) in [6, 6.07) is 12.7. The summed E-state index contributed by atoms with van der Waals surface area (Å²) in [5, 5.41) is 10.9. The minimum Gasteiger partial charge on any atom is -0.384 e. The summed E-state index contributed by atoms with van der Waals surface area (Å²) in [5.74, 6) is 0.470. The molecule has 0 aliphatic carbocycles. The maximum atomic E-state index is 11.9. The number of rotatable bonds is 6. The third-order valence-corrected chi connectivity index (χ3v) is 4.29. The number of halogens is 1. The van der Waals surface area contributed by atoms with E-state index in [1.54, 1.807) is 35.1 Å². The molecule has 0 aliphatic rings. The van der Waals surface area contributed by atoms with Crippen LogP contribution in [0.3, 0.4) is 0 Å². The van der Waals surface area contributed by atoms with E-state index < -0.39 is 0 Å². The van der Waals surface area contributed by atoms with Crippen LogP contribution in [0.4, 0.5) is 5.69 Å². The maximum Gasteiger partial charge on any atom is 0.265 e. The van der Waals surface area contributed by atoms with Crippen LogP contribution in [0.2, 0.25) is 0 Å². The van der Waals surface area contributed by atoms with E-state index in [1.165, 1.54) is 0 Å². The molecular weight excluding hydrogens is 424 g/mol. The summed E-state index contributed by atoms with van der Waals surface area (Å²) in [4.78, 5) is 21.3. The van der Waals surface area contributed by atoms with E-state index >= 15 is 0 Å². The molecule has 0 aliphatic heterocycles. The Labute approximate surface area is 170 Å². The lowest BCUT2D eigenvalue weighted by Gasteiger charge is -2.06. The SMILES string of the molecule is Cc1cc(C)n(-c2ccc(/C(N)=N/OCC(=O)Nc3ccc(Br)cc3)cn2)n1. The highest BCUT2D eigenvalue weighted by atomic mass is 79.9. The smallest absolute Gasteiger partial charge is 0.265 e. The van der Waals surface area contributed by atoms with Gasteiger partial charge in [0.05, 0.1) is 5.69 Å². The molecule has 0 radical (unpaired) electrons. The molecule has 8 nitrogen and oxygen atoms in total. The highest BCUT2D eigenvalue weighted by Gasteiger charge is 2.07. The second-order valence-electron chi connectivity index (χ2n) is 6.05. The number of hydrogen-bond donors (Lipinski definition) is 2. The second-order valence-corrected chi connectivity index (χ2v) is 6.96.